The molecule has 3 rings (SSSR count). The zero-order chi connectivity index (χ0) is 15.7. The lowest BCUT2D eigenvalue weighted by Crippen LogP contribution is -2.37. The van der Waals surface area contributed by atoms with E-state index >= 15 is 0 Å². The molecule has 1 amide bonds. The van der Waals surface area contributed by atoms with Gasteiger partial charge in [-0.3, -0.25) is 4.79 Å². The van der Waals surface area contributed by atoms with E-state index in [2.05, 4.69) is 12.1 Å². The van der Waals surface area contributed by atoms with Crippen molar-refractivity contribution in [2.24, 2.45) is 0 Å². The highest BCUT2D eigenvalue weighted by Crippen LogP contribution is 2.40. The maximum Gasteiger partial charge on any atom is 0.219 e. The lowest BCUT2D eigenvalue weighted by atomic mass is 10.2. The molecule has 1 atom stereocenters. The number of carbonyl (C=O) groups excluding carboxylic acids is 1. The number of hydrogen-bond donors (Lipinski definition) is 0. The normalized spacial score (nSPS) is 18.5. The van der Waals surface area contributed by atoms with E-state index in [0.29, 0.717) is 15.3 Å². The molecule has 0 bridgehead atoms. The van der Waals surface area contributed by atoms with E-state index in [9.17, 15) is 4.79 Å². The molecule has 6 heteroatoms. The van der Waals surface area contributed by atoms with Gasteiger partial charge < -0.3 is 4.90 Å². The van der Waals surface area contributed by atoms with E-state index in [1.54, 1.807) is 24.3 Å². The first kappa shape index (κ1) is 16.2. The Morgan fingerprint density at radius 3 is 2.64 bits per heavy atom. The fourth-order valence-corrected chi connectivity index (χ4v) is 5.47. The van der Waals surface area contributed by atoms with Gasteiger partial charge in [-0.15, -0.1) is 23.1 Å². The smallest absolute Gasteiger partial charge is 0.219 e. The molecule has 1 aromatic heterocycles. The Bertz CT molecular complexity index is 681. The summed E-state index contributed by atoms with van der Waals surface area (Å²) in [5.74, 6) is 1.14. The standard InChI is InChI=1S/C16H15Cl2NOS2/c1-10(20)19-4-5-21-16(9-19)15-3-2-14(22-15)11-6-12(17)8-13(18)7-11/h2-3,6-8,16H,4-5,9H2,1H3. The molecule has 0 spiro atoms. The number of benzene rings is 1. The van der Waals surface area contributed by atoms with Crippen LogP contribution in [0.4, 0.5) is 0 Å². The third-order valence-corrected chi connectivity index (χ3v) is 6.66. The molecule has 1 unspecified atom stereocenters. The van der Waals surface area contributed by atoms with Crippen LogP contribution in [0.5, 0.6) is 0 Å². The topological polar surface area (TPSA) is 20.3 Å². The van der Waals surface area contributed by atoms with Crippen LogP contribution in [0.15, 0.2) is 30.3 Å². The highest BCUT2D eigenvalue weighted by atomic mass is 35.5. The van der Waals surface area contributed by atoms with Gasteiger partial charge in [0.25, 0.3) is 0 Å². The fraction of sp³-hybridized carbons (Fsp3) is 0.312. The molecule has 2 aromatic rings. The molecule has 1 saturated heterocycles. The van der Waals surface area contributed by atoms with Crippen LogP contribution in [0.3, 0.4) is 0 Å². The zero-order valence-corrected chi connectivity index (χ0v) is 15.2. The van der Waals surface area contributed by atoms with Crippen LogP contribution in [0.1, 0.15) is 17.1 Å². The van der Waals surface area contributed by atoms with Gasteiger partial charge in [0, 0.05) is 45.6 Å². The number of nitrogens with zero attached hydrogens (tertiary/aromatic N) is 1. The number of halogens is 2. The van der Waals surface area contributed by atoms with Gasteiger partial charge in [0.05, 0.1) is 5.25 Å². The van der Waals surface area contributed by atoms with Crippen molar-refractivity contribution in [3.63, 3.8) is 0 Å². The number of thiophene rings is 1. The molecular formula is C16H15Cl2NOS2. The molecule has 0 aliphatic carbocycles. The lowest BCUT2D eigenvalue weighted by molar-refractivity contribution is -0.128. The zero-order valence-electron chi connectivity index (χ0n) is 12.0. The van der Waals surface area contributed by atoms with Crippen LogP contribution in [0.2, 0.25) is 10.0 Å². The van der Waals surface area contributed by atoms with Crippen molar-refractivity contribution in [3.05, 3.63) is 45.3 Å². The van der Waals surface area contributed by atoms with Crippen LogP contribution < -0.4 is 0 Å². The number of hydrogen-bond acceptors (Lipinski definition) is 3. The maximum atomic E-state index is 11.6. The minimum Gasteiger partial charge on any atom is -0.341 e. The summed E-state index contributed by atoms with van der Waals surface area (Å²) in [4.78, 5) is 15.9. The van der Waals surface area contributed by atoms with Crippen LogP contribution in [0, 0.1) is 0 Å². The molecule has 2 heterocycles. The Balaban J connectivity index is 1.82. The van der Waals surface area contributed by atoms with Crippen molar-refractivity contribution in [3.8, 4) is 10.4 Å². The van der Waals surface area contributed by atoms with E-state index in [0.717, 1.165) is 29.3 Å². The van der Waals surface area contributed by atoms with E-state index in [1.807, 2.05) is 28.8 Å². The molecule has 1 aliphatic rings. The van der Waals surface area contributed by atoms with Gasteiger partial charge >= 0.3 is 0 Å². The first-order valence-electron chi connectivity index (χ1n) is 6.96. The largest absolute Gasteiger partial charge is 0.341 e. The molecule has 0 radical (unpaired) electrons. The van der Waals surface area contributed by atoms with Crippen LogP contribution in [-0.2, 0) is 4.79 Å². The van der Waals surface area contributed by atoms with E-state index in [-0.39, 0.29) is 5.91 Å². The van der Waals surface area contributed by atoms with Crippen molar-refractivity contribution in [1.29, 1.82) is 0 Å². The Labute approximate surface area is 148 Å². The predicted octanol–water partition coefficient (Wildman–Crippen LogP) is 5.36. The monoisotopic (exact) mass is 371 g/mol. The molecule has 1 aliphatic heterocycles. The highest BCUT2D eigenvalue weighted by molar-refractivity contribution is 7.99. The van der Waals surface area contributed by atoms with Gasteiger partial charge in [-0.25, -0.2) is 0 Å². The molecule has 0 saturated carbocycles. The first-order valence-corrected chi connectivity index (χ1v) is 9.58. The Morgan fingerprint density at radius 2 is 1.95 bits per heavy atom. The highest BCUT2D eigenvalue weighted by Gasteiger charge is 2.24. The number of amides is 1. The first-order chi connectivity index (χ1) is 10.5. The minimum absolute atomic E-state index is 0.156. The molecule has 22 heavy (non-hydrogen) atoms. The third kappa shape index (κ3) is 3.62. The third-order valence-electron chi connectivity index (χ3n) is 3.60. The van der Waals surface area contributed by atoms with Gasteiger partial charge in [0.15, 0.2) is 0 Å². The van der Waals surface area contributed by atoms with Gasteiger partial charge in [0.1, 0.15) is 0 Å². The predicted molar refractivity (Wildman–Crippen MR) is 97.2 cm³/mol. The molecular weight excluding hydrogens is 357 g/mol. The second kappa shape index (κ2) is 6.83. The van der Waals surface area contributed by atoms with Gasteiger partial charge in [-0.05, 0) is 35.9 Å². The summed E-state index contributed by atoms with van der Waals surface area (Å²) >= 11 is 15.8. The van der Waals surface area contributed by atoms with Gasteiger partial charge in [-0.1, -0.05) is 23.2 Å². The van der Waals surface area contributed by atoms with Crippen molar-refractivity contribution in [1.82, 2.24) is 4.90 Å². The maximum absolute atomic E-state index is 11.6. The summed E-state index contributed by atoms with van der Waals surface area (Å²) in [6.07, 6.45) is 0. The quantitative estimate of drug-likeness (QED) is 0.708. The Hall–Kier alpha value is -0.680. The van der Waals surface area contributed by atoms with E-state index < -0.39 is 0 Å². The molecule has 0 N–H and O–H groups in total. The van der Waals surface area contributed by atoms with Crippen molar-refractivity contribution < 1.29 is 4.79 Å². The van der Waals surface area contributed by atoms with Gasteiger partial charge in [-0.2, -0.15) is 0 Å². The van der Waals surface area contributed by atoms with Crippen LogP contribution in [0.25, 0.3) is 10.4 Å². The minimum atomic E-state index is 0.156. The molecule has 2 nitrogen and oxygen atoms in total. The Kier molecular flexibility index (Phi) is 5.03. The lowest BCUT2D eigenvalue weighted by Gasteiger charge is -2.31. The summed E-state index contributed by atoms with van der Waals surface area (Å²) < 4.78 is 0. The average Bonchev–Trinajstić information content (AvgIpc) is 2.96. The number of thioether (sulfide) groups is 1. The van der Waals surface area contributed by atoms with Crippen molar-refractivity contribution in [2.45, 2.75) is 12.2 Å². The molecule has 1 aromatic carbocycles. The van der Waals surface area contributed by atoms with E-state index in [1.165, 1.54) is 4.88 Å². The summed E-state index contributed by atoms with van der Waals surface area (Å²) in [5, 5.41) is 1.64. The Morgan fingerprint density at radius 1 is 1.23 bits per heavy atom. The van der Waals surface area contributed by atoms with Gasteiger partial charge in [0.2, 0.25) is 5.91 Å². The molecule has 1 fully saturated rings. The summed E-state index contributed by atoms with van der Waals surface area (Å²) in [7, 11) is 0. The SMILES string of the molecule is CC(=O)N1CCSC(c2ccc(-c3cc(Cl)cc(Cl)c3)s2)C1. The van der Waals surface area contributed by atoms with Crippen molar-refractivity contribution in [2.75, 3.05) is 18.8 Å². The second-order valence-electron chi connectivity index (χ2n) is 5.18. The van der Waals surface area contributed by atoms with E-state index in [4.69, 9.17) is 23.2 Å². The number of rotatable bonds is 2. The number of carbonyl (C=O) groups is 1. The summed E-state index contributed by atoms with van der Waals surface area (Å²) in [6.45, 7) is 3.27. The molecule has 116 valence electrons. The average molecular weight is 372 g/mol. The second-order valence-corrected chi connectivity index (χ2v) is 8.48. The van der Waals surface area contributed by atoms with Crippen LogP contribution in [-0.4, -0.2) is 29.6 Å². The van der Waals surface area contributed by atoms with Crippen LogP contribution >= 0.6 is 46.3 Å². The fourth-order valence-electron chi connectivity index (χ4n) is 2.48. The summed E-state index contributed by atoms with van der Waals surface area (Å²) in [5.41, 5.74) is 1.04. The summed E-state index contributed by atoms with van der Waals surface area (Å²) in [6, 6.07) is 9.85. The van der Waals surface area contributed by atoms with Crippen molar-refractivity contribution >= 4 is 52.2 Å².